The van der Waals surface area contributed by atoms with Gasteiger partial charge in [-0.25, -0.2) is 0 Å². The molecule has 98 valence electrons. The third-order valence-electron chi connectivity index (χ3n) is 2.79. The summed E-state index contributed by atoms with van der Waals surface area (Å²) in [6.07, 6.45) is 1.10. The zero-order chi connectivity index (χ0) is 12.6. The summed E-state index contributed by atoms with van der Waals surface area (Å²) in [5.74, 6) is 0.675. The molecule has 0 amide bonds. The van der Waals surface area contributed by atoms with E-state index < -0.39 is 0 Å². The first kappa shape index (κ1) is 15.9. The van der Waals surface area contributed by atoms with E-state index in [4.69, 9.17) is 0 Å². The fraction of sp³-hybridized carbons (Fsp3) is 1.00. The lowest BCUT2D eigenvalue weighted by atomic mass is 10.0. The predicted octanol–water partition coefficient (Wildman–Crippen LogP) is 1.71. The number of nitrogens with zero attached hydrogens (tertiary/aromatic N) is 1. The number of nitrogens with one attached hydrogen (secondary N) is 1. The van der Waals surface area contributed by atoms with Crippen molar-refractivity contribution in [1.82, 2.24) is 10.2 Å². The number of hydrogen-bond acceptors (Lipinski definition) is 3. The monoisotopic (exact) mass is 230 g/mol. The van der Waals surface area contributed by atoms with E-state index in [9.17, 15) is 5.11 Å². The van der Waals surface area contributed by atoms with E-state index in [1.54, 1.807) is 0 Å². The smallest absolute Gasteiger partial charge is 0.0623 e. The van der Waals surface area contributed by atoms with Crippen LogP contribution in [-0.4, -0.2) is 48.3 Å². The van der Waals surface area contributed by atoms with Gasteiger partial charge in [0, 0.05) is 13.1 Å². The van der Waals surface area contributed by atoms with Gasteiger partial charge < -0.3 is 15.3 Å². The maximum absolute atomic E-state index is 9.50. The molecule has 0 saturated carbocycles. The minimum atomic E-state index is -0.166. The van der Waals surface area contributed by atoms with Gasteiger partial charge in [0.25, 0.3) is 0 Å². The molecule has 0 aromatic heterocycles. The van der Waals surface area contributed by atoms with Gasteiger partial charge in [0.15, 0.2) is 0 Å². The highest BCUT2D eigenvalue weighted by molar-refractivity contribution is 4.86. The van der Waals surface area contributed by atoms with Crippen LogP contribution < -0.4 is 5.32 Å². The molecule has 0 bridgehead atoms. The molecule has 0 aliphatic heterocycles. The average Bonchev–Trinajstić information content (AvgIpc) is 2.25. The second-order valence-electron chi connectivity index (χ2n) is 5.37. The second kappa shape index (κ2) is 8.04. The van der Waals surface area contributed by atoms with Crippen LogP contribution in [0.5, 0.6) is 0 Å². The number of aliphatic hydroxyl groups excluding tert-OH is 1. The quantitative estimate of drug-likeness (QED) is 0.633. The van der Waals surface area contributed by atoms with Crippen LogP contribution in [-0.2, 0) is 0 Å². The molecule has 0 fully saturated rings. The maximum Gasteiger partial charge on any atom is 0.0623 e. The molecular weight excluding hydrogens is 200 g/mol. The molecule has 0 heterocycles. The molecule has 16 heavy (non-hydrogen) atoms. The Labute approximate surface area is 101 Å². The van der Waals surface area contributed by atoms with Crippen molar-refractivity contribution in [2.24, 2.45) is 5.92 Å². The predicted molar refractivity (Wildman–Crippen MR) is 70.7 cm³/mol. The number of aliphatic hydroxyl groups is 1. The number of rotatable bonds is 9. The Morgan fingerprint density at radius 3 is 2.31 bits per heavy atom. The van der Waals surface area contributed by atoms with E-state index in [1.807, 2.05) is 0 Å². The number of hydrogen-bond donors (Lipinski definition) is 2. The van der Waals surface area contributed by atoms with Crippen LogP contribution in [0.25, 0.3) is 0 Å². The molecule has 1 unspecified atom stereocenters. The average molecular weight is 230 g/mol. The first-order valence-corrected chi connectivity index (χ1v) is 6.55. The van der Waals surface area contributed by atoms with E-state index in [1.165, 1.54) is 0 Å². The Bertz CT molecular complexity index is 173. The molecule has 0 aromatic rings. The summed E-state index contributed by atoms with van der Waals surface area (Å²) in [7, 11) is 0. The zero-order valence-electron chi connectivity index (χ0n) is 11.7. The molecule has 0 saturated heterocycles. The summed E-state index contributed by atoms with van der Waals surface area (Å²) >= 11 is 0. The van der Waals surface area contributed by atoms with E-state index in [-0.39, 0.29) is 12.1 Å². The minimum Gasteiger partial charge on any atom is -0.394 e. The summed E-state index contributed by atoms with van der Waals surface area (Å²) in [5, 5.41) is 12.9. The van der Waals surface area contributed by atoms with Gasteiger partial charge >= 0.3 is 0 Å². The molecule has 0 aliphatic carbocycles. The summed E-state index contributed by atoms with van der Waals surface area (Å²) in [6.45, 7) is 15.1. The molecule has 0 radical (unpaired) electrons. The Morgan fingerprint density at radius 1 is 1.31 bits per heavy atom. The van der Waals surface area contributed by atoms with Crippen LogP contribution in [0, 0.1) is 5.92 Å². The third-order valence-corrected chi connectivity index (χ3v) is 2.79. The van der Waals surface area contributed by atoms with Gasteiger partial charge in [-0.05, 0) is 32.4 Å². The van der Waals surface area contributed by atoms with E-state index in [0.29, 0.717) is 5.92 Å². The highest BCUT2D eigenvalue weighted by atomic mass is 16.3. The van der Waals surface area contributed by atoms with Crippen LogP contribution >= 0.6 is 0 Å². The van der Waals surface area contributed by atoms with Gasteiger partial charge in [0.05, 0.1) is 12.1 Å². The van der Waals surface area contributed by atoms with Crippen LogP contribution in [0.2, 0.25) is 0 Å². The van der Waals surface area contributed by atoms with Crippen molar-refractivity contribution < 1.29 is 5.11 Å². The molecule has 1 atom stereocenters. The van der Waals surface area contributed by atoms with Crippen LogP contribution in [0.1, 0.15) is 41.0 Å². The normalized spacial score (nSPS) is 15.8. The molecule has 0 aliphatic rings. The molecule has 0 spiro atoms. The summed E-state index contributed by atoms with van der Waals surface area (Å²) in [5.41, 5.74) is -0.166. The van der Waals surface area contributed by atoms with Crippen molar-refractivity contribution in [3.63, 3.8) is 0 Å². The van der Waals surface area contributed by atoms with Gasteiger partial charge in [-0.15, -0.1) is 0 Å². The number of likely N-dealkylation sites (N-methyl/N-ethyl adjacent to an activating group) is 1. The molecule has 0 aromatic carbocycles. The van der Waals surface area contributed by atoms with Crippen molar-refractivity contribution in [3.05, 3.63) is 0 Å². The van der Waals surface area contributed by atoms with Gasteiger partial charge in [0.1, 0.15) is 0 Å². The van der Waals surface area contributed by atoms with E-state index >= 15 is 0 Å². The molecule has 3 heteroatoms. The molecule has 3 nitrogen and oxygen atoms in total. The topological polar surface area (TPSA) is 35.5 Å². The largest absolute Gasteiger partial charge is 0.394 e. The van der Waals surface area contributed by atoms with E-state index in [2.05, 4.69) is 44.8 Å². The Balaban J connectivity index is 4.24. The standard InChI is InChI=1S/C13H30N2O/c1-6-8-14-13(5,11-16)10-15(7-2)9-12(3)4/h12,14,16H,6-11H2,1-5H3. The molecule has 0 rings (SSSR count). The van der Waals surface area contributed by atoms with Crippen LogP contribution in [0.4, 0.5) is 0 Å². The van der Waals surface area contributed by atoms with Crippen molar-refractivity contribution in [2.45, 2.75) is 46.6 Å². The third kappa shape index (κ3) is 6.46. The lowest BCUT2D eigenvalue weighted by molar-refractivity contribution is 0.116. The molecule has 2 N–H and O–H groups in total. The Morgan fingerprint density at radius 2 is 1.94 bits per heavy atom. The highest BCUT2D eigenvalue weighted by Crippen LogP contribution is 2.08. The Kier molecular flexibility index (Phi) is 7.98. The minimum absolute atomic E-state index is 0.166. The first-order chi connectivity index (χ1) is 7.47. The SMILES string of the molecule is CCCNC(C)(CO)CN(CC)CC(C)C. The van der Waals surface area contributed by atoms with Crippen LogP contribution in [0.15, 0.2) is 0 Å². The van der Waals surface area contributed by atoms with Crippen molar-refractivity contribution in [3.8, 4) is 0 Å². The van der Waals surface area contributed by atoms with Gasteiger partial charge in [-0.1, -0.05) is 27.7 Å². The first-order valence-electron chi connectivity index (χ1n) is 6.55. The van der Waals surface area contributed by atoms with Gasteiger partial charge in [-0.2, -0.15) is 0 Å². The summed E-state index contributed by atoms with van der Waals surface area (Å²) < 4.78 is 0. The van der Waals surface area contributed by atoms with Crippen molar-refractivity contribution in [1.29, 1.82) is 0 Å². The summed E-state index contributed by atoms with van der Waals surface area (Å²) in [6, 6.07) is 0. The highest BCUT2D eigenvalue weighted by Gasteiger charge is 2.25. The molecular formula is C13H30N2O. The lowest BCUT2D eigenvalue weighted by Crippen LogP contribution is -2.54. The van der Waals surface area contributed by atoms with Crippen molar-refractivity contribution in [2.75, 3.05) is 32.8 Å². The van der Waals surface area contributed by atoms with Crippen LogP contribution in [0.3, 0.4) is 0 Å². The summed E-state index contributed by atoms with van der Waals surface area (Å²) in [4.78, 5) is 2.41. The second-order valence-corrected chi connectivity index (χ2v) is 5.37. The Hall–Kier alpha value is -0.120. The fourth-order valence-corrected chi connectivity index (χ4v) is 1.90. The zero-order valence-corrected chi connectivity index (χ0v) is 11.7. The maximum atomic E-state index is 9.50. The van der Waals surface area contributed by atoms with Gasteiger partial charge in [0.2, 0.25) is 0 Å². The lowest BCUT2D eigenvalue weighted by Gasteiger charge is -2.35. The van der Waals surface area contributed by atoms with E-state index in [0.717, 1.165) is 32.6 Å². The van der Waals surface area contributed by atoms with Crippen molar-refractivity contribution >= 4 is 0 Å². The fourth-order valence-electron chi connectivity index (χ4n) is 1.90. The van der Waals surface area contributed by atoms with Gasteiger partial charge in [-0.3, -0.25) is 0 Å².